The van der Waals surface area contributed by atoms with Gasteiger partial charge in [-0.2, -0.15) is 0 Å². The van der Waals surface area contributed by atoms with E-state index in [4.69, 9.17) is 10.9 Å². The predicted molar refractivity (Wildman–Crippen MR) is 62.6 cm³/mol. The molecule has 0 aliphatic carbocycles. The fraction of sp³-hybridized carbons (Fsp3) is 0.417. The van der Waals surface area contributed by atoms with E-state index in [1.54, 1.807) is 5.01 Å². The Morgan fingerprint density at radius 2 is 1.94 bits per heavy atom. The van der Waals surface area contributed by atoms with Crippen molar-refractivity contribution in [1.29, 1.82) is 0 Å². The van der Waals surface area contributed by atoms with Crippen molar-refractivity contribution in [3.8, 4) is 0 Å². The van der Waals surface area contributed by atoms with Gasteiger partial charge < -0.3 is 5.11 Å². The van der Waals surface area contributed by atoms with Crippen molar-refractivity contribution in [2.45, 2.75) is 32.4 Å². The number of nitrogens with two attached hydrogens (primary N) is 1. The maximum atomic E-state index is 10.8. The highest BCUT2D eigenvalue weighted by molar-refractivity contribution is 5.67. The number of carboxylic acids is 1. The van der Waals surface area contributed by atoms with Crippen molar-refractivity contribution in [3.05, 3.63) is 35.9 Å². The van der Waals surface area contributed by atoms with Crippen LogP contribution in [-0.2, 0) is 4.79 Å². The molecule has 4 heteroatoms. The third-order valence-electron chi connectivity index (χ3n) is 2.51. The summed E-state index contributed by atoms with van der Waals surface area (Å²) in [6, 6.07) is 9.29. The molecular weight excluding hydrogens is 204 g/mol. The molecule has 4 nitrogen and oxygen atoms in total. The Bertz CT molecular complexity index is 338. The van der Waals surface area contributed by atoms with Crippen molar-refractivity contribution in [3.63, 3.8) is 0 Å². The summed E-state index contributed by atoms with van der Waals surface area (Å²) in [5, 5.41) is 10.5. The van der Waals surface area contributed by atoms with Gasteiger partial charge >= 0.3 is 5.97 Å². The summed E-state index contributed by atoms with van der Waals surface area (Å²) in [5.74, 6) is 5.07. The van der Waals surface area contributed by atoms with Crippen LogP contribution < -0.4 is 5.84 Å². The number of aliphatic carboxylic acids is 1. The molecule has 1 aromatic carbocycles. The second-order valence-electron chi connectivity index (χ2n) is 4.07. The van der Waals surface area contributed by atoms with E-state index in [-0.39, 0.29) is 18.5 Å². The van der Waals surface area contributed by atoms with Gasteiger partial charge in [-0.05, 0) is 19.4 Å². The highest BCUT2D eigenvalue weighted by atomic mass is 16.4. The minimum atomic E-state index is -0.843. The normalized spacial score (nSPS) is 13.1. The Morgan fingerprint density at radius 3 is 2.38 bits per heavy atom. The van der Waals surface area contributed by atoms with E-state index in [0.717, 1.165) is 5.56 Å². The summed E-state index contributed by atoms with van der Waals surface area (Å²) in [5.41, 5.74) is 0.932. The molecule has 1 aromatic rings. The van der Waals surface area contributed by atoms with E-state index in [1.807, 2.05) is 44.2 Å². The predicted octanol–water partition coefficient (Wildman–Crippen LogP) is 1.79. The monoisotopic (exact) mass is 222 g/mol. The molecule has 3 N–H and O–H groups in total. The first-order chi connectivity index (χ1) is 7.52. The summed E-state index contributed by atoms with van der Waals surface area (Å²) >= 11 is 0. The molecule has 0 spiro atoms. The summed E-state index contributed by atoms with van der Waals surface area (Å²) in [6.45, 7) is 3.88. The lowest BCUT2D eigenvalue weighted by atomic mass is 10.0. The van der Waals surface area contributed by atoms with Crippen molar-refractivity contribution < 1.29 is 9.90 Å². The zero-order valence-electron chi connectivity index (χ0n) is 9.63. The molecule has 0 fully saturated rings. The number of benzene rings is 1. The zero-order chi connectivity index (χ0) is 12.1. The fourth-order valence-electron chi connectivity index (χ4n) is 1.60. The van der Waals surface area contributed by atoms with Gasteiger partial charge in [-0.1, -0.05) is 30.3 Å². The third kappa shape index (κ3) is 3.32. The molecular formula is C12H18N2O2. The maximum absolute atomic E-state index is 10.8. The Labute approximate surface area is 95.6 Å². The van der Waals surface area contributed by atoms with Crippen LogP contribution in [0.15, 0.2) is 30.3 Å². The van der Waals surface area contributed by atoms with Crippen LogP contribution in [0.25, 0.3) is 0 Å². The first-order valence-corrected chi connectivity index (χ1v) is 5.32. The first-order valence-electron chi connectivity index (χ1n) is 5.32. The number of hydrogen-bond donors (Lipinski definition) is 2. The van der Waals surface area contributed by atoms with Gasteiger partial charge in [-0.3, -0.25) is 10.6 Å². The maximum Gasteiger partial charge on any atom is 0.305 e. The molecule has 0 bridgehead atoms. The molecule has 0 radical (unpaired) electrons. The highest BCUT2D eigenvalue weighted by Gasteiger charge is 2.22. The molecule has 16 heavy (non-hydrogen) atoms. The van der Waals surface area contributed by atoms with Gasteiger partial charge in [-0.25, -0.2) is 5.01 Å². The van der Waals surface area contributed by atoms with Crippen molar-refractivity contribution >= 4 is 5.97 Å². The molecule has 0 saturated carbocycles. The summed E-state index contributed by atoms with van der Waals surface area (Å²) in [7, 11) is 0. The topological polar surface area (TPSA) is 66.6 Å². The SMILES string of the molecule is CC(C)N(N)C(CC(=O)O)c1ccccc1. The third-order valence-corrected chi connectivity index (χ3v) is 2.51. The van der Waals surface area contributed by atoms with Crippen LogP contribution in [0.5, 0.6) is 0 Å². The molecule has 0 aromatic heterocycles. The van der Waals surface area contributed by atoms with E-state index in [9.17, 15) is 4.79 Å². The fourth-order valence-corrected chi connectivity index (χ4v) is 1.60. The van der Waals surface area contributed by atoms with Gasteiger partial charge in [0.25, 0.3) is 0 Å². The standard InChI is InChI=1S/C12H18N2O2/c1-9(2)14(13)11(8-12(15)16)10-6-4-3-5-7-10/h3-7,9,11H,8,13H2,1-2H3,(H,15,16). The molecule has 0 aliphatic heterocycles. The van der Waals surface area contributed by atoms with Gasteiger partial charge in [0.1, 0.15) is 0 Å². The smallest absolute Gasteiger partial charge is 0.305 e. The second kappa shape index (κ2) is 5.63. The van der Waals surface area contributed by atoms with Crippen LogP contribution >= 0.6 is 0 Å². The number of nitrogens with zero attached hydrogens (tertiary/aromatic N) is 1. The number of hydrazine groups is 1. The van der Waals surface area contributed by atoms with Crippen LogP contribution in [-0.4, -0.2) is 22.1 Å². The highest BCUT2D eigenvalue weighted by Crippen LogP contribution is 2.23. The summed E-state index contributed by atoms with van der Waals surface area (Å²) < 4.78 is 0. The molecule has 1 rings (SSSR count). The Balaban J connectivity index is 2.91. The van der Waals surface area contributed by atoms with Crippen molar-refractivity contribution in [1.82, 2.24) is 5.01 Å². The van der Waals surface area contributed by atoms with Crippen LogP contribution in [0.4, 0.5) is 0 Å². The Hall–Kier alpha value is -1.39. The molecule has 0 saturated heterocycles. The zero-order valence-corrected chi connectivity index (χ0v) is 9.63. The van der Waals surface area contributed by atoms with E-state index >= 15 is 0 Å². The van der Waals surface area contributed by atoms with Crippen LogP contribution in [0, 0.1) is 0 Å². The molecule has 1 unspecified atom stereocenters. The lowest BCUT2D eigenvalue weighted by molar-refractivity contribution is -0.138. The van der Waals surface area contributed by atoms with E-state index in [1.165, 1.54) is 0 Å². The number of hydrogen-bond acceptors (Lipinski definition) is 3. The second-order valence-corrected chi connectivity index (χ2v) is 4.07. The number of carbonyl (C=O) groups is 1. The van der Waals surface area contributed by atoms with Crippen molar-refractivity contribution in [2.24, 2.45) is 5.84 Å². The van der Waals surface area contributed by atoms with E-state index < -0.39 is 5.97 Å². The Morgan fingerprint density at radius 1 is 1.38 bits per heavy atom. The van der Waals surface area contributed by atoms with Crippen molar-refractivity contribution in [2.75, 3.05) is 0 Å². The van der Waals surface area contributed by atoms with Gasteiger partial charge in [-0.15, -0.1) is 0 Å². The lowest BCUT2D eigenvalue weighted by Crippen LogP contribution is -2.41. The average molecular weight is 222 g/mol. The average Bonchev–Trinajstić information content (AvgIpc) is 2.26. The molecule has 0 heterocycles. The lowest BCUT2D eigenvalue weighted by Gasteiger charge is -2.30. The molecule has 0 aliphatic rings. The molecule has 88 valence electrons. The minimum Gasteiger partial charge on any atom is -0.481 e. The number of carboxylic acid groups (broad SMARTS) is 1. The minimum absolute atomic E-state index is 0.0126. The van der Waals surface area contributed by atoms with Gasteiger partial charge in [0, 0.05) is 6.04 Å². The van der Waals surface area contributed by atoms with E-state index in [0.29, 0.717) is 0 Å². The van der Waals surface area contributed by atoms with Gasteiger partial charge in [0.05, 0.1) is 12.5 Å². The summed E-state index contributed by atoms with van der Waals surface area (Å²) in [4.78, 5) is 10.8. The van der Waals surface area contributed by atoms with Crippen LogP contribution in [0.3, 0.4) is 0 Å². The molecule has 1 atom stereocenters. The van der Waals surface area contributed by atoms with Crippen LogP contribution in [0.1, 0.15) is 31.9 Å². The summed E-state index contributed by atoms with van der Waals surface area (Å²) in [6.07, 6.45) is 0.0126. The Kier molecular flexibility index (Phi) is 4.46. The number of rotatable bonds is 5. The first kappa shape index (κ1) is 12.7. The largest absolute Gasteiger partial charge is 0.481 e. The quantitative estimate of drug-likeness (QED) is 0.588. The van der Waals surface area contributed by atoms with Gasteiger partial charge in [0.15, 0.2) is 0 Å². The van der Waals surface area contributed by atoms with Crippen LogP contribution in [0.2, 0.25) is 0 Å². The molecule has 0 amide bonds. The van der Waals surface area contributed by atoms with E-state index in [2.05, 4.69) is 0 Å². The van der Waals surface area contributed by atoms with Gasteiger partial charge in [0.2, 0.25) is 0 Å².